The fraction of sp³-hybridized carbons (Fsp3) is 0.278. The first kappa shape index (κ1) is 19.8. The van der Waals surface area contributed by atoms with Crippen LogP contribution in [0.1, 0.15) is 16.4 Å². The van der Waals surface area contributed by atoms with Crippen LogP contribution in [0.5, 0.6) is 0 Å². The highest BCUT2D eigenvalue weighted by Gasteiger charge is 2.30. The van der Waals surface area contributed by atoms with Crippen LogP contribution in [-0.4, -0.2) is 48.3 Å². The molecule has 0 aliphatic rings. The van der Waals surface area contributed by atoms with Crippen molar-refractivity contribution in [2.24, 2.45) is 0 Å². The highest BCUT2D eigenvalue weighted by Crippen LogP contribution is 2.16. The fourth-order valence-corrected chi connectivity index (χ4v) is 2.49. The number of pyridine rings is 1. The molecule has 1 N–H and O–H groups in total. The number of ketones is 1. The number of halogens is 2. The van der Waals surface area contributed by atoms with Gasteiger partial charge in [-0.05, 0) is 44.4 Å². The van der Waals surface area contributed by atoms with Crippen LogP contribution in [0.4, 0.5) is 4.39 Å². The second kappa shape index (κ2) is 8.73. The van der Waals surface area contributed by atoms with Gasteiger partial charge in [0.25, 0.3) is 11.5 Å². The number of hydrogen-bond donors (Lipinski definition) is 1. The molecule has 1 heterocycles. The summed E-state index contributed by atoms with van der Waals surface area (Å²) >= 11 is 5.92. The number of carbonyl (C=O) groups excluding carboxylic acids is 2. The molecule has 8 heteroatoms. The summed E-state index contributed by atoms with van der Waals surface area (Å²) in [6, 6.07) is 5.91. The lowest BCUT2D eigenvalue weighted by atomic mass is 10.0. The lowest BCUT2D eigenvalue weighted by Crippen LogP contribution is -2.43. The van der Waals surface area contributed by atoms with Crippen molar-refractivity contribution >= 4 is 23.3 Å². The normalized spacial score (nSPS) is 12.0. The molecule has 1 aromatic carbocycles. The standard InChI is InChI=1S/C18H19ClFN3O3/c1-22(2)10-9-21-18(26)16(23-11-13(19)5-8-15(23)24)17(25)12-3-6-14(20)7-4-12/h3-8,11,16H,9-10H2,1-2H3,(H,21,26). The average molecular weight is 380 g/mol. The number of hydrogen-bond acceptors (Lipinski definition) is 4. The van der Waals surface area contributed by atoms with Gasteiger partial charge in [-0.25, -0.2) is 4.39 Å². The number of nitrogens with one attached hydrogen (secondary N) is 1. The van der Waals surface area contributed by atoms with E-state index in [1.54, 1.807) is 0 Å². The Labute approximate surface area is 155 Å². The van der Waals surface area contributed by atoms with Crippen LogP contribution in [0.3, 0.4) is 0 Å². The van der Waals surface area contributed by atoms with Crippen LogP contribution in [0.2, 0.25) is 5.02 Å². The molecular formula is C18H19ClFN3O3. The van der Waals surface area contributed by atoms with Crippen molar-refractivity contribution in [1.82, 2.24) is 14.8 Å². The second-order valence-electron chi connectivity index (χ2n) is 5.96. The van der Waals surface area contributed by atoms with Crippen molar-refractivity contribution in [2.75, 3.05) is 27.2 Å². The zero-order chi connectivity index (χ0) is 19.3. The molecule has 1 aromatic heterocycles. The van der Waals surface area contributed by atoms with Gasteiger partial charge in [-0.2, -0.15) is 0 Å². The molecule has 0 fully saturated rings. The molecule has 1 unspecified atom stereocenters. The maximum atomic E-state index is 13.1. The molecular weight excluding hydrogens is 361 g/mol. The third kappa shape index (κ3) is 5.00. The first-order valence-corrected chi connectivity index (χ1v) is 8.27. The van der Waals surface area contributed by atoms with E-state index in [4.69, 9.17) is 11.6 Å². The second-order valence-corrected chi connectivity index (χ2v) is 6.40. The minimum Gasteiger partial charge on any atom is -0.353 e. The molecule has 1 amide bonds. The maximum Gasteiger partial charge on any atom is 0.251 e. The number of likely N-dealkylation sites (N-methyl/N-ethyl adjacent to an activating group) is 1. The van der Waals surface area contributed by atoms with Crippen molar-refractivity contribution in [3.8, 4) is 0 Å². The van der Waals surface area contributed by atoms with E-state index >= 15 is 0 Å². The highest BCUT2D eigenvalue weighted by molar-refractivity contribution is 6.30. The van der Waals surface area contributed by atoms with Crippen LogP contribution in [0.25, 0.3) is 0 Å². The molecule has 6 nitrogen and oxygen atoms in total. The van der Waals surface area contributed by atoms with Gasteiger partial charge in [0.1, 0.15) is 5.82 Å². The van der Waals surface area contributed by atoms with Crippen LogP contribution >= 0.6 is 11.6 Å². The zero-order valence-corrected chi connectivity index (χ0v) is 15.2. The van der Waals surface area contributed by atoms with E-state index in [1.165, 1.54) is 30.5 Å². The molecule has 138 valence electrons. The summed E-state index contributed by atoms with van der Waals surface area (Å²) in [5.74, 6) is -1.77. The van der Waals surface area contributed by atoms with Crippen LogP contribution in [0, 0.1) is 5.82 Å². The number of benzene rings is 1. The summed E-state index contributed by atoms with van der Waals surface area (Å²) in [7, 11) is 3.68. The predicted octanol–water partition coefficient (Wildman–Crippen LogP) is 1.74. The molecule has 0 spiro atoms. The van der Waals surface area contributed by atoms with E-state index in [-0.39, 0.29) is 10.6 Å². The largest absolute Gasteiger partial charge is 0.353 e. The molecule has 0 radical (unpaired) electrons. The van der Waals surface area contributed by atoms with Crippen molar-refractivity contribution in [3.05, 3.63) is 69.4 Å². The van der Waals surface area contributed by atoms with Crippen LogP contribution in [0.15, 0.2) is 47.4 Å². The van der Waals surface area contributed by atoms with Gasteiger partial charge in [-0.15, -0.1) is 0 Å². The quantitative estimate of drug-likeness (QED) is 0.587. The number of amides is 1. The Morgan fingerprint density at radius 1 is 1.19 bits per heavy atom. The first-order chi connectivity index (χ1) is 12.3. The number of nitrogens with zero attached hydrogens (tertiary/aromatic N) is 2. The third-order valence-electron chi connectivity index (χ3n) is 3.66. The summed E-state index contributed by atoms with van der Waals surface area (Å²) in [6.45, 7) is 0.863. The Balaban J connectivity index is 2.39. The first-order valence-electron chi connectivity index (χ1n) is 7.89. The molecule has 0 aliphatic heterocycles. The molecule has 26 heavy (non-hydrogen) atoms. The average Bonchev–Trinajstić information content (AvgIpc) is 2.58. The van der Waals surface area contributed by atoms with E-state index in [2.05, 4.69) is 5.32 Å². The van der Waals surface area contributed by atoms with Gasteiger partial charge in [-0.1, -0.05) is 11.6 Å². The smallest absolute Gasteiger partial charge is 0.251 e. The topological polar surface area (TPSA) is 71.4 Å². The maximum absolute atomic E-state index is 13.1. The van der Waals surface area contributed by atoms with Crippen molar-refractivity contribution < 1.29 is 14.0 Å². The summed E-state index contributed by atoms with van der Waals surface area (Å²) in [5.41, 5.74) is -0.427. The van der Waals surface area contributed by atoms with Gasteiger partial charge >= 0.3 is 0 Å². The number of Topliss-reactive ketones (excluding diaryl/α,β-unsaturated/α-hetero) is 1. The Hall–Kier alpha value is -2.51. The fourth-order valence-electron chi connectivity index (χ4n) is 2.32. The number of rotatable bonds is 7. The molecule has 0 saturated carbocycles. The minimum absolute atomic E-state index is 0.117. The summed E-state index contributed by atoms with van der Waals surface area (Å²) in [6.07, 6.45) is 1.24. The minimum atomic E-state index is -1.44. The molecule has 0 bridgehead atoms. The van der Waals surface area contributed by atoms with Gasteiger partial charge in [-0.3, -0.25) is 19.0 Å². The zero-order valence-electron chi connectivity index (χ0n) is 14.4. The van der Waals surface area contributed by atoms with Crippen LogP contribution in [-0.2, 0) is 4.79 Å². The van der Waals surface area contributed by atoms with Gasteiger partial charge in [0, 0.05) is 30.9 Å². The lowest BCUT2D eigenvalue weighted by Gasteiger charge is -2.19. The molecule has 2 aromatic rings. The highest BCUT2D eigenvalue weighted by atomic mass is 35.5. The van der Waals surface area contributed by atoms with Gasteiger partial charge in [0.2, 0.25) is 0 Å². The Kier molecular flexibility index (Phi) is 6.65. The Bertz CT molecular complexity index is 850. The predicted molar refractivity (Wildman–Crippen MR) is 97.0 cm³/mol. The van der Waals surface area contributed by atoms with Crippen molar-refractivity contribution in [2.45, 2.75) is 6.04 Å². The number of carbonyl (C=O) groups is 2. The molecule has 0 aliphatic carbocycles. The lowest BCUT2D eigenvalue weighted by molar-refractivity contribution is -0.123. The molecule has 0 saturated heterocycles. The summed E-state index contributed by atoms with van der Waals surface area (Å²) in [4.78, 5) is 39.6. The number of aromatic nitrogens is 1. The summed E-state index contributed by atoms with van der Waals surface area (Å²) in [5, 5.41) is 2.85. The Morgan fingerprint density at radius 3 is 2.46 bits per heavy atom. The van der Waals surface area contributed by atoms with Crippen molar-refractivity contribution in [1.29, 1.82) is 0 Å². The van der Waals surface area contributed by atoms with E-state index in [0.717, 1.165) is 16.7 Å². The van der Waals surface area contributed by atoms with E-state index < -0.39 is 29.1 Å². The monoisotopic (exact) mass is 379 g/mol. The molecule has 2 rings (SSSR count). The van der Waals surface area contributed by atoms with E-state index in [1.807, 2.05) is 19.0 Å². The van der Waals surface area contributed by atoms with Gasteiger partial charge in [0.05, 0.1) is 5.02 Å². The van der Waals surface area contributed by atoms with Gasteiger partial charge in [0.15, 0.2) is 11.8 Å². The van der Waals surface area contributed by atoms with E-state index in [0.29, 0.717) is 13.1 Å². The molecule has 1 atom stereocenters. The van der Waals surface area contributed by atoms with Gasteiger partial charge < -0.3 is 10.2 Å². The SMILES string of the molecule is CN(C)CCNC(=O)C(C(=O)c1ccc(F)cc1)n1cc(Cl)ccc1=O. The van der Waals surface area contributed by atoms with Crippen molar-refractivity contribution in [3.63, 3.8) is 0 Å². The Morgan fingerprint density at radius 2 is 1.85 bits per heavy atom. The summed E-state index contributed by atoms with van der Waals surface area (Å²) < 4.78 is 14.1. The van der Waals surface area contributed by atoms with E-state index in [9.17, 15) is 18.8 Å². The van der Waals surface area contributed by atoms with Crippen LogP contribution < -0.4 is 10.9 Å². The third-order valence-corrected chi connectivity index (χ3v) is 3.89.